The summed E-state index contributed by atoms with van der Waals surface area (Å²) in [5, 5.41) is 1.94. The van der Waals surface area contributed by atoms with Crippen LogP contribution in [0.2, 0.25) is 0 Å². The first-order chi connectivity index (χ1) is 11.1. The largest absolute Gasteiger partial charge is 0.240 e. The van der Waals surface area contributed by atoms with Crippen molar-refractivity contribution in [3.8, 4) is 0 Å². The number of benzene rings is 3. The van der Waals surface area contributed by atoms with Gasteiger partial charge in [0.05, 0.1) is 4.90 Å². The molecule has 0 heterocycles. The zero-order valence-electron chi connectivity index (χ0n) is 12.7. The van der Waals surface area contributed by atoms with Crippen LogP contribution < -0.4 is 4.72 Å². The monoisotopic (exact) mass is 343 g/mol. The maximum atomic E-state index is 12.5. The molecule has 0 unspecified atom stereocenters. The number of rotatable bonds is 5. The molecule has 0 bridgehead atoms. The molecule has 3 aromatic carbocycles. The second-order valence-electron chi connectivity index (χ2n) is 5.18. The molecule has 0 atom stereocenters. The van der Waals surface area contributed by atoms with Gasteiger partial charge in [0.25, 0.3) is 0 Å². The van der Waals surface area contributed by atoms with Gasteiger partial charge in [-0.3, -0.25) is 0 Å². The summed E-state index contributed by atoms with van der Waals surface area (Å²) >= 11 is 1.66. The molecule has 1 N–H and O–H groups in total. The fourth-order valence-electron chi connectivity index (χ4n) is 2.34. The van der Waals surface area contributed by atoms with Crippen molar-refractivity contribution in [3.63, 3.8) is 0 Å². The van der Waals surface area contributed by atoms with E-state index >= 15 is 0 Å². The molecule has 23 heavy (non-hydrogen) atoms. The van der Waals surface area contributed by atoms with E-state index in [0.29, 0.717) is 0 Å². The lowest BCUT2D eigenvalue weighted by Crippen LogP contribution is -2.23. The molecule has 0 spiro atoms. The van der Waals surface area contributed by atoms with Crippen LogP contribution in [0.25, 0.3) is 10.8 Å². The van der Waals surface area contributed by atoms with Crippen LogP contribution in [0.3, 0.4) is 0 Å². The maximum Gasteiger partial charge on any atom is 0.240 e. The van der Waals surface area contributed by atoms with Gasteiger partial charge >= 0.3 is 0 Å². The van der Waals surface area contributed by atoms with E-state index in [1.165, 1.54) is 0 Å². The van der Waals surface area contributed by atoms with Crippen LogP contribution >= 0.6 is 11.8 Å². The third kappa shape index (κ3) is 3.75. The molecule has 0 amide bonds. The fourth-order valence-corrected chi connectivity index (χ4v) is 3.80. The van der Waals surface area contributed by atoms with E-state index < -0.39 is 10.0 Å². The number of sulfonamides is 1. The van der Waals surface area contributed by atoms with Gasteiger partial charge in [0.15, 0.2) is 0 Å². The first kappa shape index (κ1) is 16.1. The Labute approximate surface area is 140 Å². The summed E-state index contributed by atoms with van der Waals surface area (Å²) in [5.41, 5.74) is 0.937. The van der Waals surface area contributed by atoms with Crippen molar-refractivity contribution in [2.45, 2.75) is 16.3 Å². The molecule has 3 nitrogen and oxygen atoms in total. The van der Waals surface area contributed by atoms with Crippen molar-refractivity contribution in [1.82, 2.24) is 4.72 Å². The Balaban J connectivity index is 1.79. The molecular weight excluding hydrogens is 326 g/mol. The van der Waals surface area contributed by atoms with Crippen molar-refractivity contribution in [3.05, 3.63) is 72.3 Å². The Hall–Kier alpha value is -1.82. The van der Waals surface area contributed by atoms with Crippen LogP contribution in [0, 0.1) is 0 Å². The molecule has 0 fully saturated rings. The molecule has 0 aromatic heterocycles. The van der Waals surface area contributed by atoms with Crippen LogP contribution in [0.4, 0.5) is 0 Å². The smallest absolute Gasteiger partial charge is 0.207 e. The molecule has 5 heteroatoms. The number of thioether (sulfide) groups is 1. The summed E-state index contributed by atoms with van der Waals surface area (Å²) < 4.78 is 27.6. The van der Waals surface area contributed by atoms with Gasteiger partial charge in [0.2, 0.25) is 10.0 Å². The van der Waals surface area contributed by atoms with Crippen LogP contribution in [-0.2, 0) is 16.6 Å². The zero-order valence-corrected chi connectivity index (χ0v) is 14.3. The van der Waals surface area contributed by atoms with Crippen LogP contribution in [0.15, 0.2) is 76.5 Å². The molecule has 118 valence electrons. The van der Waals surface area contributed by atoms with Gasteiger partial charge in [-0.05, 0) is 46.9 Å². The number of fused-ring (bicyclic) bond motifs is 1. The van der Waals surface area contributed by atoms with Gasteiger partial charge in [-0.15, -0.1) is 11.8 Å². The van der Waals surface area contributed by atoms with Crippen LogP contribution in [-0.4, -0.2) is 14.7 Å². The minimum Gasteiger partial charge on any atom is -0.207 e. The standard InChI is InChI=1S/C18H17NO2S2/c1-22-17-9-6-14(7-10-17)13-19-23(20,21)18-11-8-15-4-2-3-5-16(15)12-18/h2-12,19H,13H2,1H3. The quantitative estimate of drug-likeness (QED) is 0.711. The van der Waals surface area contributed by atoms with E-state index in [2.05, 4.69) is 4.72 Å². The molecular formula is C18H17NO2S2. The van der Waals surface area contributed by atoms with E-state index in [-0.39, 0.29) is 11.4 Å². The van der Waals surface area contributed by atoms with Crippen molar-refractivity contribution >= 4 is 32.6 Å². The second kappa shape index (κ2) is 6.74. The lowest BCUT2D eigenvalue weighted by molar-refractivity contribution is 0.581. The summed E-state index contributed by atoms with van der Waals surface area (Å²) in [6.07, 6.45) is 2.01. The summed E-state index contributed by atoms with van der Waals surface area (Å²) in [6.45, 7) is 0.282. The van der Waals surface area contributed by atoms with Crippen molar-refractivity contribution in [1.29, 1.82) is 0 Å². The summed E-state index contributed by atoms with van der Waals surface area (Å²) in [7, 11) is -3.52. The second-order valence-corrected chi connectivity index (χ2v) is 7.83. The first-order valence-corrected chi connectivity index (χ1v) is 9.91. The summed E-state index contributed by atoms with van der Waals surface area (Å²) in [5.74, 6) is 0. The average molecular weight is 343 g/mol. The lowest BCUT2D eigenvalue weighted by atomic mass is 10.1. The molecule has 0 saturated heterocycles. The predicted octanol–water partition coefficient (Wildman–Crippen LogP) is 4.04. The van der Waals surface area contributed by atoms with Gasteiger partial charge in [-0.1, -0.05) is 42.5 Å². The minimum absolute atomic E-state index is 0.282. The minimum atomic E-state index is -3.52. The van der Waals surface area contributed by atoms with E-state index in [9.17, 15) is 8.42 Å². The predicted molar refractivity (Wildman–Crippen MR) is 96.2 cm³/mol. The number of hydrogen-bond acceptors (Lipinski definition) is 3. The molecule has 3 rings (SSSR count). The molecule has 0 radical (unpaired) electrons. The topological polar surface area (TPSA) is 46.2 Å². The Kier molecular flexibility index (Phi) is 4.71. The Morgan fingerprint density at radius 2 is 1.61 bits per heavy atom. The van der Waals surface area contributed by atoms with Gasteiger partial charge in [0, 0.05) is 11.4 Å². The Bertz CT molecular complexity index is 919. The highest BCUT2D eigenvalue weighted by Gasteiger charge is 2.14. The highest BCUT2D eigenvalue weighted by molar-refractivity contribution is 7.98. The molecule has 0 aliphatic heterocycles. The van der Waals surface area contributed by atoms with Gasteiger partial charge in [-0.25, -0.2) is 13.1 Å². The van der Waals surface area contributed by atoms with Gasteiger partial charge < -0.3 is 0 Å². The van der Waals surface area contributed by atoms with Gasteiger partial charge in [0.1, 0.15) is 0 Å². The Morgan fingerprint density at radius 3 is 2.30 bits per heavy atom. The lowest BCUT2D eigenvalue weighted by Gasteiger charge is -2.08. The average Bonchev–Trinajstić information content (AvgIpc) is 2.60. The number of hydrogen-bond donors (Lipinski definition) is 1. The molecule has 0 saturated carbocycles. The van der Waals surface area contributed by atoms with Crippen LogP contribution in [0.5, 0.6) is 0 Å². The van der Waals surface area contributed by atoms with Crippen molar-refractivity contribution < 1.29 is 8.42 Å². The normalized spacial score (nSPS) is 11.7. The van der Waals surface area contributed by atoms with E-state index in [1.807, 2.05) is 60.9 Å². The maximum absolute atomic E-state index is 12.5. The van der Waals surface area contributed by atoms with Crippen LogP contribution in [0.1, 0.15) is 5.56 Å². The SMILES string of the molecule is CSc1ccc(CNS(=O)(=O)c2ccc3ccccc3c2)cc1. The van der Waals surface area contributed by atoms with E-state index in [4.69, 9.17) is 0 Å². The van der Waals surface area contributed by atoms with E-state index in [0.717, 1.165) is 21.2 Å². The Morgan fingerprint density at radius 1 is 0.913 bits per heavy atom. The molecule has 0 aliphatic carbocycles. The van der Waals surface area contributed by atoms with Gasteiger partial charge in [-0.2, -0.15) is 0 Å². The number of nitrogens with one attached hydrogen (secondary N) is 1. The highest BCUT2D eigenvalue weighted by atomic mass is 32.2. The zero-order chi connectivity index (χ0) is 16.3. The molecule has 0 aliphatic rings. The third-order valence-electron chi connectivity index (χ3n) is 3.66. The summed E-state index contributed by atoms with van der Waals surface area (Å²) in [6, 6.07) is 20.7. The van der Waals surface area contributed by atoms with Crippen molar-refractivity contribution in [2.24, 2.45) is 0 Å². The molecule has 3 aromatic rings. The third-order valence-corrected chi connectivity index (χ3v) is 5.80. The summed E-state index contributed by atoms with van der Waals surface area (Å²) in [4.78, 5) is 1.45. The fraction of sp³-hybridized carbons (Fsp3) is 0.111. The first-order valence-electron chi connectivity index (χ1n) is 7.20. The van der Waals surface area contributed by atoms with Crippen molar-refractivity contribution in [2.75, 3.05) is 6.26 Å². The van der Waals surface area contributed by atoms with E-state index in [1.54, 1.807) is 23.9 Å². The highest BCUT2D eigenvalue weighted by Crippen LogP contribution is 2.19.